The molecule has 1 saturated heterocycles. The van der Waals surface area contributed by atoms with Crippen molar-refractivity contribution in [2.45, 2.75) is 26.2 Å². The zero-order chi connectivity index (χ0) is 13.2. The normalized spacial score (nSPS) is 20.0. The van der Waals surface area contributed by atoms with E-state index in [1.807, 2.05) is 12.1 Å². The molecule has 0 aromatic heterocycles. The fourth-order valence-corrected chi connectivity index (χ4v) is 3.65. The Morgan fingerprint density at radius 2 is 1.89 bits per heavy atom. The first-order valence-electron chi connectivity index (χ1n) is 6.76. The van der Waals surface area contributed by atoms with Gasteiger partial charge in [0.1, 0.15) is 0 Å². The molecular weight excluding hydrogens is 265 g/mol. The molecule has 100 valence electrons. The van der Waals surface area contributed by atoms with Crippen LogP contribution >= 0.6 is 23.2 Å². The maximum Gasteiger partial charge on any atom is 0.0813 e. The van der Waals surface area contributed by atoms with E-state index in [1.165, 1.54) is 42.5 Å². The lowest BCUT2D eigenvalue weighted by molar-refractivity contribution is -0.900. The Kier molecular flexibility index (Phi) is 4.58. The molecule has 0 aliphatic carbocycles. The molecule has 1 nitrogen and oxygen atoms in total. The average molecular weight is 287 g/mol. The first kappa shape index (κ1) is 14.2. The highest BCUT2D eigenvalue weighted by molar-refractivity contribution is 6.35. The predicted molar refractivity (Wildman–Crippen MR) is 79.3 cm³/mol. The average Bonchev–Trinajstić information content (AvgIpc) is 2.69. The predicted octanol–water partition coefficient (Wildman–Crippen LogP) is 4.41. The fourth-order valence-electron chi connectivity index (χ4n) is 3.16. The van der Waals surface area contributed by atoms with E-state index < -0.39 is 0 Å². The van der Waals surface area contributed by atoms with Crippen LogP contribution in [0.2, 0.25) is 10.0 Å². The molecule has 0 N–H and O–H groups in total. The first-order valence-corrected chi connectivity index (χ1v) is 7.52. The molecule has 0 spiro atoms. The SMILES string of the molecule is CC(Cc1ccc(Cl)cc1Cl)C[N+]1(C)CCCC1. The van der Waals surface area contributed by atoms with Crippen LogP contribution in [0, 0.1) is 5.92 Å². The summed E-state index contributed by atoms with van der Waals surface area (Å²) in [7, 11) is 2.38. The van der Waals surface area contributed by atoms with Gasteiger partial charge in [-0.25, -0.2) is 0 Å². The van der Waals surface area contributed by atoms with Crippen LogP contribution in [0.5, 0.6) is 0 Å². The minimum atomic E-state index is 0.659. The van der Waals surface area contributed by atoms with Crippen molar-refractivity contribution in [3.63, 3.8) is 0 Å². The number of benzene rings is 1. The van der Waals surface area contributed by atoms with Crippen molar-refractivity contribution in [1.29, 1.82) is 0 Å². The van der Waals surface area contributed by atoms with Crippen molar-refractivity contribution in [3.05, 3.63) is 33.8 Å². The molecule has 1 aromatic rings. The number of likely N-dealkylation sites (tertiary alicyclic amines) is 1. The number of hydrogen-bond acceptors (Lipinski definition) is 0. The second-order valence-electron chi connectivity index (χ2n) is 6.00. The Balaban J connectivity index is 1.96. The van der Waals surface area contributed by atoms with Gasteiger partial charge in [-0.15, -0.1) is 0 Å². The molecule has 1 aromatic carbocycles. The number of halogens is 2. The molecule has 1 unspecified atom stereocenters. The molecule has 1 heterocycles. The molecule has 1 fully saturated rings. The summed E-state index contributed by atoms with van der Waals surface area (Å²) in [4.78, 5) is 0. The maximum absolute atomic E-state index is 6.24. The second-order valence-corrected chi connectivity index (χ2v) is 6.85. The number of quaternary nitrogens is 1. The highest BCUT2D eigenvalue weighted by atomic mass is 35.5. The topological polar surface area (TPSA) is 0 Å². The monoisotopic (exact) mass is 286 g/mol. The zero-order valence-electron chi connectivity index (χ0n) is 11.3. The van der Waals surface area contributed by atoms with Gasteiger partial charge in [-0.05, 0) is 24.1 Å². The smallest absolute Gasteiger partial charge is 0.0813 e. The van der Waals surface area contributed by atoms with Crippen molar-refractivity contribution in [2.24, 2.45) is 5.92 Å². The minimum Gasteiger partial charge on any atom is -0.326 e. The van der Waals surface area contributed by atoms with Crippen molar-refractivity contribution in [1.82, 2.24) is 0 Å². The largest absolute Gasteiger partial charge is 0.326 e. The third-order valence-electron chi connectivity index (χ3n) is 3.98. The summed E-state index contributed by atoms with van der Waals surface area (Å²) in [5.41, 5.74) is 1.22. The molecule has 1 aliphatic heterocycles. The van der Waals surface area contributed by atoms with E-state index in [0.717, 1.165) is 16.5 Å². The Hall–Kier alpha value is -0.240. The second kappa shape index (κ2) is 5.81. The van der Waals surface area contributed by atoms with Crippen LogP contribution in [-0.2, 0) is 6.42 Å². The Morgan fingerprint density at radius 1 is 1.22 bits per heavy atom. The van der Waals surface area contributed by atoms with Gasteiger partial charge >= 0.3 is 0 Å². The van der Waals surface area contributed by atoms with Crippen molar-refractivity contribution in [3.8, 4) is 0 Å². The molecule has 0 bridgehead atoms. The fraction of sp³-hybridized carbons (Fsp3) is 0.600. The Labute approximate surface area is 120 Å². The van der Waals surface area contributed by atoms with Crippen LogP contribution in [0.3, 0.4) is 0 Å². The van der Waals surface area contributed by atoms with Gasteiger partial charge in [0.25, 0.3) is 0 Å². The van der Waals surface area contributed by atoms with E-state index >= 15 is 0 Å². The molecule has 0 amide bonds. The van der Waals surface area contributed by atoms with Crippen LogP contribution in [0.1, 0.15) is 25.3 Å². The lowest BCUT2D eigenvalue weighted by atomic mass is 10.00. The van der Waals surface area contributed by atoms with Gasteiger partial charge in [-0.1, -0.05) is 36.2 Å². The van der Waals surface area contributed by atoms with Crippen LogP contribution in [0.4, 0.5) is 0 Å². The Morgan fingerprint density at radius 3 is 2.50 bits per heavy atom. The van der Waals surface area contributed by atoms with Gasteiger partial charge in [-0.3, -0.25) is 0 Å². The van der Waals surface area contributed by atoms with Gasteiger partial charge in [0.15, 0.2) is 0 Å². The van der Waals surface area contributed by atoms with Gasteiger partial charge < -0.3 is 4.48 Å². The first-order chi connectivity index (χ1) is 8.48. The summed E-state index contributed by atoms with van der Waals surface area (Å²) >= 11 is 12.2. The molecule has 18 heavy (non-hydrogen) atoms. The quantitative estimate of drug-likeness (QED) is 0.719. The van der Waals surface area contributed by atoms with Gasteiger partial charge in [-0.2, -0.15) is 0 Å². The lowest BCUT2D eigenvalue weighted by Crippen LogP contribution is -2.44. The highest BCUT2D eigenvalue weighted by Crippen LogP contribution is 2.25. The molecule has 0 saturated carbocycles. The molecule has 3 heteroatoms. The number of hydrogen-bond donors (Lipinski definition) is 0. The minimum absolute atomic E-state index is 0.659. The Bertz CT molecular complexity index is 411. The van der Waals surface area contributed by atoms with E-state index in [2.05, 4.69) is 20.0 Å². The summed E-state index contributed by atoms with van der Waals surface area (Å²) in [5.74, 6) is 0.659. The van der Waals surface area contributed by atoms with Crippen molar-refractivity contribution in [2.75, 3.05) is 26.7 Å². The lowest BCUT2D eigenvalue weighted by Gasteiger charge is -2.32. The standard InChI is InChI=1S/C15H22Cl2N/c1-12(11-18(2)7-3-4-8-18)9-13-5-6-14(16)10-15(13)17/h5-6,10,12H,3-4,7-9,11H2,1-2H3/q+1. The number of rotatable bonds is 4. The molecule has 1 aliphatic rings. The third-order valence-corrected chi connectivity index (χ3v) is 4.57. The van der Waals surface area contributed by atoms with Crippen LogP contribution in [0.25, 0.3) is 0 Å². The van der Waals surface area contributed by atoms with E-state index in [0.29, 0.717) is 5.92 Å². The molecule has 0 radical (unpaired) electrons. The van der Waals surface area contributed by atoms with E-state index in [-0.39, 0.29) is 0 Å². The van der Waals surface area contributed by atoms with Crippen LogP contribution in [0.15, 0.2) is 18.2 Å². The molecular formula is C15H22Cl2N+. The van der Waals surface area contributed by atoms with Crippen molar-refractivity contribution < 1.29 is 4.48 Å². The summed E-state index contributed by atoms with van der Waals surface area (Å²) in [6.07, 6.45) is 3.81. The third kappa shape index (κ3) is 3.63. The van der Waals surface area contributed by atoms with E-state index in [1.54, 1.807) is 0 Å². The van der Waals surface area contributed by atoms with Gasteiger partial charge in [0.05, 0.1) is 26.7 Å². The highest BCUT2D eigenvalue weighted by Gasteiger charge is 2.28. The maximum atomic E-state index is 6.24. The van der Waals surface area contributed by atoms with Gasteiger partial charge in [0.2, 0.25) is 0 Å². The summed E-state index contributed by atoms with van der Waals surface area (Å²) in [6.45, 7) is 6.24. The number of nitrogens with zero attached hydrogens (tertiary/aromatic N) is 1. The van der Waals surface area contributed by atoms with Crippen LogP contribution in [-0.4, -0.2) is 31.2 Å². The summed E-state index contributed by atoms with van der Waals surface area (Å²) in [6, 6.07) is 5.84. The van der Waals surface area contributed by atoms with Gasteiger partial charge in [0, 0.05) is 28.8 Å². The van der Waals surface area contributed by atoms with E-state index in [9.17, 15) is 0 Å². The molecule has 2 rings (SSSR count). The molecule has 1 atom stereocenters. The van der Waals surface area contributed by atoms with E-state index in [4.69, 9.17) is 23.2 Å². The van der Waals surface area contributed by atoms with Crippen LogP contribution < -0.4 is 0 Å². The summed E-state index contributed by atoms with van der Waals surface area (Å²) < 4.78 is 1.23. The summed E-state index contributed by atoms with van der Waals surface area (Å²) in [5, 5.41) is 1.52. The van der Waals surface area contributed by atoms with Crippen molar-refractivity contribution >= 4 is 23.2 Å². The zero-order valence-corrected chi connectivity index (χ0v) is 12.8.